The molecule has 0 spiro atoms. The van der Waals surface area contributed by atoms with Crippen molar-refractivity contribution in [3.8, 4) is 22.8 Å². The maximum Gasteiger partial charge on any atom is 0.333 e. The zero-order chi connectivity index (χ0) is 33.4. The summed E-state index contributed by atoms with van der Waals surface area (Å²) >= 11 is 5.88. The van der Waals surface area contributed by atoms with E-state index >= 15 is 4.39 Å². The molecule has 0 radical (unpaired) electrons. The van der Waals surface area contributed by atoms with Gasteiger partial charge in [0.2, 0.25) is 5.91 Å². The number of nitrogens with one attached hydrogen (secondary N) is 1. The molecular formula is C32H28ClF4N5O5. The van der Waals surface area contributed by atoms with E-state index in [2.05, 4.69) is 15.4 Å². The molecule has 246 valence electrons. The highest BCUT2D eigenvalue weighted by atomic mass is 35.5. The molecule has 3 heterocycles. The molecule has 1 aliphatic heterocycles. The molecule has 2 aromatic heterocycles. The molecule has 0 bridgehead atoms. The van der Waals surface area contributed by atoms with Crippen LogP contribution in [0.25, 0.3) is 22.2 Å². The van der Waals surface area contributed by atoms with Gasteiger partial charge in [-0.3, -0.25) is 9.59 Å². The summed E-state index contributed by atoms with van der Waals surface area (Å²) in [7, 11) is 0. The molecule has 0 saturated heterocycles. The number of halogens is 5. The Labute approximate surface area is 269 Å². The summed E-state index contributed by atoms with van der Waals surface area (Å²) in [6, 6.07) is 6.35. The van der Waals surface area contributed by atoms with Crippen LogP contribution in [-0.2, 0) is 15.8 Å². The Balaban J connectivity index is 1.27. The minimum atomic E-state index is -2.90. The predicted molar refractivity (Wildman–Crippen MR) is 160 cm³/mol. The number of alkyl halides is 2. The van der Waals surface area contributed by atoms with Crippen molar-refractivity contribution in [2.24, 2.45) is 11.7 Å². The largest absolute Gasteiger partial charge is 0.489 e. The van der Waals surface area contributed by atoms with E-state index in [1.807, 2.05) is 0 Å². The molecule has 15 heteroatoms. The van der Waals surface area contributed by atoms with Crippen LogP contribution in [0.15, 0.2) is 36.5 Å². The standard InChI is InChI=1S/C32H28ClF4N5O5/c1-31(29(38)44)13-46-27-19(31)10-22(40-26(27)18-6-7-20(34)23(33)24(18)35)32(45,16-2-3-16)12-39-28(43)14-8-15-11-42(30(36)37)41-25(15)21(9-14)47-17-4-5-17/h6-11,16-17,30,45H,2-5,12-13H2,1H3,(H2,38,44)(H,39,43)/t31-,32?/m0/s1. The van der Waals surface area contributed by atoms with Gasteiger partial charge in [-0.15, -0.1) is 0 Å². The first-order valence-corrected chi connectivity index (χ1v) is 15.3. The third kappa shape index (κ3) is 5.32. The molecule has 10 nitrogen and oxygen atoms in total. The molecule has 2 aliphatic carbocycles. The third-order valence-electron chi connectivity index (χ3n) is 8.99. The van der Waals surface area contributed by atoms with E-state index in [4.69, 9.17) is 26.8 Å². The number of ether oxygens (including phenoxy) is 2. The Kier molecular flexibility index (Phi) is 7.35. The fourth-order valence-corrected chi connectivity index (χ4v) is 6.00. The average molecular weight is 674 g/mol. The van der Waals surface area contributed by atoms with Crippen molar-refractivity contribution in [2.75, 3.05) is 13.2 Å². The summed E-state index contributed by atoms with van der Waals surface area (Å²) in [5.41, 5.74) is 2.69. The smallest absolute Gasteiger partial charge is 0.333 e. The van der Waals surface area contributed by atoms with Crippen molar-refractivity contribution in [1.29, 1.82) is 0 Å². The minimum absolute atomic E-state index is 0.00158. The van der Waals surface area contributed by atoms with Crippen LogP contribution in [0, 0.1) is 17.6 Å². The van der Waals surface area contributed by atoms with Crippen LogP contribution in [0.4, 0.5) is 17.6 Å². The number of carbonyl (C=O) groups excluding carboxylic acids is 2. The van der Waals surface area contributed by atoms with Crippen LogP contribution in [0.5, 0.6) is 11.5 Å². The number of rotatable bonds is 10. The molecule has 4 aromatic rings. The van der Waals surface area contributed by atoms with Crippen LogP contribution < -0.4 is 20.5 Å². The topological polar surface area (TPSA) is 142 Å². The second kappa shape index (κ2) is 11.1. The van der Waals surface area contributed by atoms with Gasteiger partial charge in [0.1, 0.15) is 51.2 Å². The maximum atomic E-state index is 15.3. The van der Waals surface area contributed by atoms with Crippen LogP contribution in [-0.4, -0.2) is 50.9 Å². The minimum Gasteiger partial charge on any atom is -0.489 e. The number of aliphatic hydroxyl groups is 1. The van der Waals surface area contributed by atoms with Crippen molar-refractivity contribution >= 4 is 34.3 Å². The van der Waals surface area contributed by atoms with Crippen molar-refractivity contribution in [3.63, 3.8) is 0 Å². The Morgan fingerprint density at radius 1 is 1.23 bits per heavy atom. The number of pyridine rings is 1. The first-order valence-electron chi connectivity index (χ1n) is 14.9. The van der Waals surface area contributed by atoms with E-state index in [0.717, 1.165) is 31.2 Å². The van der Waals surface area contributed by atoms with Crippen molar-refractivity contribution < 1.29 is 41.7 Å². The summed E-state index contributed by atoms with van der Waals surface area (Å²) in [6.07, 6.45) is 3.71. The molecule has 2 saturated carbocycles. The van der Waals surface area contributed by atoms with Crippen LogP contribution >= 0.6 is 11.6 Å². The zero-order valence-corrected chi connectivity index (χ0v) is 25.6. The van der Waals surface area contributed by atoms with Gasteiger partial charge in [-0.25, -0.2) is 18.4 Å². The molecule has 2 fully saturated rings. The maximum absolute atomic E-state index is 15.3. The monoisotopic (exact) mass is 673 g/mol. The fraction of sp³-hybridized carbons (Fsp3) is 0.375. The SMILES string of the molecule is C[C@]1(C(N)=O)COc2c1cc(C(O)(CNC(=O)c1cc(OC3CC3)c3nn(C(F)F)cc3c1)C1CC1)nc2-c1ccc(F)c(Cl)c1F. The molecule has 2 aromatic carbocycles. The van der Waals surface area contributed by atoms with E-state index in [1.54, 1.807) is 0 Å². The predicted octanol–water partition coefficient (Wildman–Crippen LogP) is 5.13. The Morgan fingerprint density at radius 2 is 1.98 bits per heavy atom. The lowest BCUT2D eigenvalue weighted by molar-refractivity contribution is -0.123. The number of benzene rings is 2. The Bertz CT molecular complexity index is 1970. The van der Waals surface area contributed by atoms with E-state index in [-0.39, 0.29) is 75.7 Å². The number of aromatic nitrogens is 3. The summed E-state index contributed by atoms with van der Waals surface area (Å²) in [5, 5.41) is 18.3. The number of nitrogens with zero attached hydrogens (tertiary/aromatic N) is 3. The van der Waals surface area contributed by atoms with Crippen molar-refractivity contribution in [2.45, 2.75) is 56.3 Å². The van der Waals surface area contributed by atoms with Gasteiger partial charge in [0.25, 0.3) is 5.91 Å². The molecule has 2 amide bonds. The highest BCUT2D eigenvalue weighted by Gasteiger charge is 2.50. The van der Waals surface area contributed by atoms with Gasteiger partial charge in [-0.05, 0) is 68.9 Å². The lowest BCUT2D eigenvalue weighted by atomic mass is 9.81. The number of fused-ring (bicyclic) bond motifs is 2. The van der Waals surface area contributed by atoms with Gasteiger partial charge in [-0.2, -0.15) is 13.9 Å². The average Bonchev–Trinajstić information content (AvgIpc) is 3.98. The number of hydrogen-bond acceptors (Lipinski definition) is 7. The number of nitrogens with two attached hydrogens (primary N) is 1. The normalized spacial score (nSPS) is 20.2. The van der Waals surface area contributed by atoms with Gasteiger partial charge in [0, 0.05) is 28.3 Å². The van der Waals surface area contributed by atoms with Crippen LogP contribution in [0.2, 0.25) is 5.02 Å². The van der Waals surface area contributed by atoms with Gasteiger partial charge >= 0.3 is 6.55 Å². The van der Waals surface area contributed by atoms with Crippen LogP contribution in [0.3, 0.4) is 0 Å². The van der Waals surface area contributed by atoms with Crippen molar-refractivity contribution in [3.05, 3.63) is 70.0 Å². The second-order valence-corrected chi connectivity index (χ2v) is 12.8. The number of amides is 2. The lowest BCUT2D eigenvalue weighted by Gasteiger charge is -2.30. The summed E-state index contributed by atoms with van der Waals surface area (Å²) in [5.74, 6) is -3.67. The summed E-state index contributed by atoms with van der Waals surface area (Å²) in [4.78, 5) is 30.7. The number of primary amides is 1. The quantitative estimate of drug-likeness (QED) is 0.157. The molecule has 3 aliphatic rings. The molecular weight excluding hydrogens is 646 g/mol. The third-order valence-corrected chi connectivity index (χ3v) is 9.34. The molecule has 2 atom stereocenters. The second-order valence-electron chi connectivity index (χ2n) is 12.4. The number of hydrogen-bond donors (Lipinski definition) is 3. The van der Waals surface area contributed by atoms with Gasteiger partial charge < -0.3 is 25.6 Å². The molecule has 4 N–H and O–H groups in total. The van der Waals surface area contributed by atoms with E-state index in [9.17, 15) is 27.9 Å². The highest BCUT2D eigenvalue weighted by Crippen LogP contribution is 2.50. The van der Waals surface area contributed by atoms with Gasteiger partial charge in [0.15, 0.2) is 5.82 Å². The van der Waals surface area contributed by atoms with E-state index < -0.39 is 46.0 Å². The van der Waals surface area contributed by atoms with Gasteiger partial charge in [0.05, 0.1) is 18.3 Å². The zero-order valence-electron chi connectivity index (χ0n) is 24.8. The fourth-order valence-electron chi connectivity index (χ4n) is 5.83. The van der Waals surface area contributed by atoms with Crippen LogP contribution in [0.1, 0.15) is 60.8 Å². The van der Waals surface area contributed by atoms with E-state index in [0.29, 0.717) is 17.5 Å². The Hall–Kier alpha value is -4.43. The summed E-state index contributed by atoms with van der Waals surface area (Å²) in [6.45, 7) is -1.92. The highest BCUT2D eigenvalue weighted by molar-refractivity contribution is 6.31. The first kappa shape index (κ1) is 31.2. The van der Waals surface area contributed by atoms with Crippen molar-refractivity contribution in [1.82, 2.24) is 20.1 Å². The summed E-state index contributed by atoms with van der Waals surface area (Å²) < 4.78 is 68.4. The Morgan fingerprint density at radius 3 is 2.64 bits per heavy atom. The number of carbonyl (C=O) groups is 2. The molecule has 47 heavy (non-hydrogen) atoms. The van der Waals surface area contributed by atoms with E-state index in [1.165, 1.54) is 25.1 Å². The molecule has 7 rings (SSSR count). The molecule has 1 unspecified atom stereocenters. The van der Waals surface area contributed by atoms with Gasteiger partial charge in [-0.1, -0.05) is 11.6 Å². The first-order chi connectivity index (χ1) is 22.3. The lowest BCUT2D eigenvalue weighted by Crippen LogP contribution is -2.44.